The lowest BCUT2D eigenvalue weighted by Crippen LogP contribution is -2.58. The van der Waals surface area contributed by atoms with Crippen LogP contribution in [0.3, 0.4) is 0 Å². The SMILES string of the molecule is C/C(N)=C(/C(=N)c1ccncc1)c1ccc(N2CC3(CCOCC3)C2)c(C)c1. The van der Waals surface area contributed by atoms with Gasteiger partial charge in [-0.05, 0) is 62.1 Å². The lowest BCUT2D eigenvalue weighted by atomic mass is 9.73. The second-order valence-corrected chi connectivity index (χ2v) is 8.14. The summed E-state index contributed by atoms with van der Waals surface area (Å²) in [5, 5.41) is 8.65. The first-order chi connectivity index (χ1) is 13.5. The molecular weight excluding hydrogens is 348 g/mol. The Hall–Kier alpha value is -2.66. The lowest BCUT2D eigenvalue weighted by Gasteiger charge is -2.53. The molecule has 0 atom stereocenters. The summed E-state index contributed by atoms with van der Waals surface area (Å²) < 4.78 is 5.53. The Morgan fingerprint density at radius 1 is 1.11 bits per heavy atom. The van der Waals surface area contributed by atoms with Crippen molar-refractivity contribution in [1.82, 2.24) is 4.98 Å². The van der Waals surface area contributed by atoms with Gasteiger partial charge in [0.1, 0.15) is 0 Å². The van der Waals surface area contributed by atoms with E-state index in [4.69, 9.17) is 15.9 Å². The summed E-state index contributed by atoms with van der Waals surface area (Å²) in [5.74, 6) is 0. The Morgan fingerprint density at radius 2 is 1.79 bits per heavy atom. The van der Waals surface area contributed by atoms with Crippen LogP contribution in [0.4, 0.5) is 5.69 Å². The van der Waals surface area contributed by atoms with E-state index in [2.05, 4.69) is 35.0 Å². The smallest absolute Gasteiger partial charge is 0.0708 e. The Morgan fingerprint density at radius 3 is 2.39 bits per heavy atom. The van der Waals surface area contributed by atoms with Crippen LogP contribution in [0, 0.1) is 17.7 Å². The van der Waals surface area contributed by atoms with E-state index in [0.717, 1.165) is 43.0 Å². The molecule has 1 aromatic carbocycles. The predicted molar refractivity (Wildman–Crippen MR) is 114 cm³/mol. The number of nitrogens with one attached hydrogen (secondary N) is 1. The summed E-state index contributed by atoms with van der Waals surface area (Å²) in [7, 11) is 0. The summed E-state index contributed by atoms with van der Waals surface area (Å²) in [6, 6.07) is 10.1. The minimum Gasteiger partial charge on any atom is -0.402 e. The number of anilines is 1. The van der Waals surface area contributed by atoms with Gasteiger partial charge in [-0.25, -0.2) is 0 Å². The van der Waals surface area contributed by atoms with Crippen LogP contribution in [-0.2, 0) is 4.74 Å². The fourth-order valence-electron chi connectivity index (χ4n) is 4.45. The molecule has 146 valence electrons. The molecule has 4 rings (SSSR count). The average molecular weight is 377 g/mol. The maximum Gasteiger partial charge on any atom is 0.0708 e. The highest BCUT2D eigenvalue weighted by molar-refractivity contribution is 6.30. The number of nitrogens with two attached hydrogens (primary N) is 1. The highest BCUT2D eigenvalue weighted by atomic mass is 16.5. The summed E-state index contributed by atoms with van der Waals surface area (Å²) >= 11 is 0. The Labute approximate surface area is 166 Å². The maximum absolute atomic E-state index is 8.65. The molecule has 28 heavy (non-hydrogen) atoms. The summed E-state index contributed by atoms with van der Waals surface area (Å²) in [5.41, 5.74) is 12.8. The predicted octanol–water partition coefficient (Wildman–Crippen LogP) is 3.76. The van der Waals surface area contributed by atoms with E-state index in [1.165, 1.54) is 24.1 Å². The van der Waals surface area contributed by atoms with E-state index in [9.17, 15) is 0 Å². The zero-order chi connectivity index (χ0) is 19.7. The minimum absolute atomic E-state index is 0.430. The van der Waals surface area contributed by atoms with Gasteiger partial charge in [-0.15, -0.1) is 0 Å². The first kappa shape index (κ1) is 18.7. The van der Waals surface area contributed by atoms with Crippen molar-refractivity contribution in [3.8, 4) is 0 Å². The van der Waals surface area contributed by atoms with Gasteiger partial charge in [0.15, 0.2) is 0 Å². The van der Waals surface area contributed by atoms with Gasteiger partial charge in [0.25, 0.3) is 0 Å². The van der Waals surface area contributed by atoms with Gasteiger partial charge in [-0.1, -0.05) is 6.07 Å². The molecule has 2 aliphatic rings. The van der Waals surface area contributed by atoms with Crippen molar-refractivity contribution in [1.29, 1.82) is 5.41 Å². The van der Waals surface area contributed by atoms with Crippen molar-refractivity contribution in [3.63, 3.8) is 0 Å². The topological polar surface area (TPSA) is 75.2 Å². The molecule has 0 bridgehead atoms. The zero-order valence-electron chi connectivity index (χ0n) is 16.7. The van der Waals surface area contributed by atoms with Gasteiger partial charge < -0.3 is 15.4 Å². The highest BCUT2D eigenvalue weighted by Crippen LogP contribution is 2.43. The van der Waals surface area contributed by atoms with Crippen LogP contribution < -0.4 is 10.6 Å². The maximum atomic E-state index is 8.65. The lowest BCUT2D eigenvalue weighted by molar-refractivity contribution is -0.000224. The van der Waals surface area contributed by atoms with Crippen molar-refractivity contribution in [2.45, 2.75) is 26.7 Å². The molecule has 5 heteroatoms. The molecule has 0 saturated carbocycles. The van der Waals surface area contributed by atoms with Crippen molar-refractivity contribution in [2.75, 3.05) is 31.2 Å². The number of aromatic nitrogens is 1. The number of allylic oxidation sites excluding steroid dienone is 2. The van der Waals surface area contributed by atoms with Crippen molar-refractivity contribution in [3.05, 3.63) is 65.1 Å². The van der Waals surface area contributed by atoms with Crippen LogP contribution in [0.1, 0.15) is 36.5 Å². The molecule has 5 nitrogen and oxygen atoms in total. The molecule has 0 amide bonds. The third kappa shape index (κ3) is 3.42. The standard InChI is InChI=1S/C23H28N4O/c1-16-13-19(21(17(2)24)22(25)18-5-9-26-10-6-18)3-4-20(16)27-14-23(15-27)7-11-28-12-8-23/h3-6,9-10,13,25H,7-8,11-12,14-15,24H2,1-2H3/b21-17-,25-22?. The summed E-state index contributed by atoms with van der Waals surface area (Å²) in [4.78, 5) is 6.51. The third-order valence-electron chi connectivity index (χ3n) is 6.05. The number of hydrogen-bond donors (Lipinski definition) is 2. The van der Waals surface area contributed by atoms with Crippen LogP contribution in [0.5, 0.6) is 0 Å². The second kappa shape index (κ2) is 7.40. The second-order valence-electron chi connectivity index (χ2n) is 8.14. The van der Waals surface area contributed by atoms with E-state index >= 15 is 0 Å². The third-order valence-corrected chi connectivity index (χ3v) is 6.05. The van der Waals surface area contributed by atoms with E-state index in [1.54, 1.807) is 12.4 Å². The van der Waals surface area contributed by atoms with E-state index in [1.807, 2.05) is 19.1 Å². The average Bonchev–Trinajstić information content (AvgIpc) is 2.67. The fourth-order valence-corrected chi connectivity index (χ4v) is 4.45. The van der Waals surface area contributed by atoms with Gasteiger partial charge in [-0.3, -0.25) is 10.4 Å². The molecule has 2 aromatic rings. The van der Waals surface area contributed by atoms with Gasteiger partial charge in [-0.2, -0.15) is 0 Å². The largest absolute Gasteiger partial charge is 0.402 e. The number of benzene rings is 1. The number of pyridine rings is 1. The van der Waals surface area contributed by atoms with Crippen molar-refractivity contribution < 1.29 is 4.74 Å². The Bertz CT molecular complexity index is 901. The molecule has 2 saturated heterocycles. The van der Waals surface area contributed by atoms with Crippen LogP contribution in [-0.4, -0.2) is 37.0 Å². The molecule has 3 heterocycles. The van der Waals surface area contributed by atoms with Gasteiger partial charge >= 0.3 is 0 Å². The molecule has 0 unspecified atom stereocenters. The highest BCUT2D eigenvalue weighted by Gasteiger charge is 2.44. The molecule has 0 aliphatic carbocycles. The molecule has 0 radical (unpaired) electrons. The Balaban J connectivity index is 1.57. The van der Waals surface area contributed by atoms with Gasteiger partial charge in [0.2, 0.25) is 0 Å². The van der Waals surface area contributed by atoms with E-state index < -0.39 is 0 Å². The van der Waals surface area contributed by atoms with Crippen LogP contribution >= 0.6 is 0 Å². The molecular formula is C23H28N4O. The molecule has 1 spiro atoms. The normalized spacial score (nSPS) is 19.1. The molecule has 2 aliphatic heterocycles. The Kier molecular flexibility index (Phi) is 4.94. The summed E-state index contributed by atoms with van der Waals surface area (Å²) in [6.07, 6.45) is 5.75. The van der Waals surface area contributed by atoms with Gasteiger partial charge in [0.05, 0.1) is 5.71 Å². The summed E-state index contributed by atoms with van der Waals surface area (Å²) in [6.45, 7) is 8.02. The monoisotopic (exact) mass is 376 g/mol. The minimum atomic E-state index is 0.430. The van der Waals surface area contributed by atoms with Crippen LogP contribution in [0.25, 0.3) is 5.57 Å². The number of rotatable bonds is 4. The molecule has 1 aromatic heterocycles. The first-order valence-corrected chi connectivity index (χ1v) is 9.88. The number of hydrogen-bond acceptors (Lipinski definition) is 5. The quantitative estimate of drug-likeness (QED) is 0.797. The van der Waals surface area contributed by atoms with E-state index in [-0.39, 0.29) is 0 Å². The van der Waals surface area contributed by atoms with Crippen molar-refractivity contribution in [2.24, 2.45) is 11.1 Å². The zero-order valence-corrected chi connectivity index (χ0v) is 16.7. The van der Waals surface area contributed by atoms with Crippen LogP contribution in [0.15, 0.2) is 48.4 Å². The number of ether oxygens (including phenoxy) is 1. The molecule has 3 N–H and O–H groups in total. The number of nitrogens with zero attached hydrogens (tertiary/aromatic N) is 2. The van der Waals surface area contributed by atoms with Gasteiger partial charge in [0, 0.05) is 66.6 Å². The fraction of sp³-hybridized carbons (Fsp3) is 0.391. The first-order valence-electron chi connectivity index (χ1n) is 9.88. The van der Waals surface area contributed by atoms with E-state index in [0.29, 0.717) is 16.8 Å². The van der Waals surface area contributed by atoms with Crippen LogP contribution in [0.2, 0.25) is 0 Å². The molecule has 2 fully saturated rings. The number of aryl methyl sites for hydroxylation is 1. The van der Waals surface area contributed by atoms with Crippen molar-refractivity contribution >= 4 is 17.0 Å².